The van der Waals surface area contributed by atoms with E-state index < -0.39 is 22.1 Å². The van der Waals surface area contributed by atoms with Crippen LogP contribution in [-0.4, -0.2) is 39.8 Å². The molecule has 0 saturated heterocycles. The third-order valence-corrected chi connectivity index (χ3v) is 9.18. The summed E-state index contributed by atoms with van der Waals surface area (Å²) in [4.78, 5) is 32.1. The lowest BCUT2D eigenvalue weighted by Crippen LogP contribution is -2.39. The number of rotatable bonds is 9. The molecule has 0 amide bonds. The fourth-order valence-electron chi connectivity index (χ4n) is 4.78. The van der Waals surface area contributed by atoms with Gasteiger partial charge in [-0.2, -0.15) is 8.42 Å². The van der Waals surface area contributed by atoms with Crippen LogP contribution in [0.3, 0.4) is 0 Å². The molecule has 44 heavy (non-hydrogen) atoms. The second kappa shape index (κ2) is 12.5. The first kappa shape index (κ1) is 30.8. The minimum Gasteiger partial charge on any atom is -0.493 e. The van der Waals surface area contributed by atoms with E-state index in [2.05, 4.69) is 4.99 Å². The van der Waals surface area contributed by atoms with E-state index in [-0.39, 0.29) is 28.4 Å². The molecule has 0 radical (unpaired) electrons. The predicted octanol–water partition coefficient (Wildman–Crippen LogP) is 3.89. The Kier molecular flexibility index (Phi) is 8.75. The molecular formula is C32H30N2O8S2. The van der Waals surface area contributed by atoms with Crippen molar-refractivity contribution in [2.24, 2.45) is 4.99 Å². The number of methoxy groups -OCH3 is 2. The predicted molar refractivity (Wildman–Crippen MR) is 165 cm³/mol. The highest BCUT2D eigenvalue weighted by atomic mass is 32.2. The number of benzene rings is 3. The van der Waals surface area contributed by atoms with Gasteiger partial charge in [0.2, 0.25) is 0 Å². The van der Waals surface area contributed by atoms with E-state index in [1.165, 1.54) is 54.4 Å². The van der Waals surface area contributed by atoms with E-state index in [0.29, 0.717) is 37.7 Å². The van der Waals surface area contributed by atoms with Crippen LogP contribution >= 0.6 is 11.3 Å². The zero-order valence-electron chi connectivity index (χ0n) is 24.7. The lowest BCUT2D eigenvalue weighted by atomic mass is 9.95. The number of aryl methyl sites for hydroxylation is 1. The van der Waals surface area contributed by atoms with Crippen molar-refractivity contribution in [1.29, 1.82) is 0 Å². The monoisotopic (exact) mass is 634 g/mol. The lowest BCUT2D eigenvalue weighted by molar-refractivity contribution is -0.139. The summed E-state index contributed by atoms with van der Waals surface area (Å²) in [5, 5.41) is 0. The van der Waals surface area contributed by atoms with Gasteiger partial charge in [0.15, 0.2) is 16.3 Å². The molecule has 228 valence electrons. The van der Waals surface area contributed by atoms with Crippen LogP contribution in [-0.2, 0) is 19.6 Å². The molecular weight excluding hydrogens is 604 g/mol. The molecule has 2 heterocycles. The van der Waals surface area contributed by atoms with Crippen LogP contribution in [0.2, 0.25) is 0 Å². The van der Waals surface area contributed by atoms with Crippen molar-refractivity contribution in [3.63, 3.8) is 0 Å². The van der Waals surface area contributed by atoms with Gasteiger partial charge in [0.1, 0.15) is 10.6 Å². The summed E-state index contributed by atoms with van der Waals surface area (Å²) in [6, 6.07) is 17.1. The molecule has 0 spiro atoms. The van der Waals surface area contributed by atoms with Gasteiger partial charge >= 0.3 is 16.1 Å². The van der Waals surface area contributed by atoms with E-state index >= 15 is 0 Å². The molecule has 0 fully saturated rings. The maximum absolute atomic E-state index is 13.9. The molecule has 0 bridgehead atoms. The molecule has 4 aromatic rings. The van der Waals surface area contributed by atoms with Gasteiger partial charge in [0.25, 0.3) is 5.56 Å². The van der Waals surface area contributed by atoms with Crippen molar-refractivity contribution in [1.82, 2.24) is 4.57 Å². The average molecular weight is 635 g/mol. The van der Waals surface area contributed by atoms with Crippen molar-refractivity contribution in [3.8, 4) is 17.2 Å². The summed E-state index contributed by atoms with van der Waals surface area (Å²) in [5.74, 6) is 0.504. The van der Waals surface area contributed by atoms with Crippen molar-refractivity contribution in [2.45, 2.75) is 31.7 Å². The third-order valence-electron chi connectivity index (χ3n) is 6.93. The summed E-state index contributed by atoms with van der Waals surface area (Å²) in [6.45, 7) is 5.44. The van der Waals surface area contributed by atoms with Gasteiger partial charge in [0, 0.05) is 0 Å². The minimum absolute atomic E-state index is 0.0507. The van der Waals surface area contributed by atoms with Crippen LogP contribution in [0.15, 0.2) is 92.7 Å². The molecule has 3 aromatic carbocycles. The number of nitrogens with zero attached hydrogens (tertiary/aromatic N) is 2. The van der Waals surface area contributed by atoms with Crippen molar-refractivity contribution in [2.75, 3.05) is 20.8 Å². The van der Waals surface area contributed by atoms with Crippen molar-refractivity contribution in [3.05, 3.63) is 114 Å². The van der Waals surface area contributed by atoms with Crippen molar-refractivity contribution >= 4 is 33.5 Å². The SMILES string of the molecule is CCOC(=O)C1=C(C)N=c2sc(=Cc3ccc(OS(=O)(=O)c4ccc(C)cc4)cc3)c(=O)n2[C@H]1c1ccc(OC)c(OC)c1. The Morgan fingerprint density at radius 3 is 2.30 bits per heavy atom. The highest BCUT2D eigenvalue weighted by molar-refractivity contribution is 7.87. The highest BCUT2D eigenvalue weighted by Gasteiger charge is 2.34. The normalized spacial score (nSPS) is 14.9. The van der Waals surface area contributed by atoms with Gasteiger partial charge in [-0.05, 0) is 74.4 Å². The van der Waals surface area contributed by atoms with Crippen LogP contribution in [0.4, 0.5) is 0 Å². The molecule has 0 saturated carbocycles. The second-order valence-corrected chi connectivity index (χ2v) is 12.4. The maximum Gasteiger partial charge on any atom is 0.339 e. The van der Waals surface area contributed by atoms with E-state index in [0.717, 1.165) is 5.56 Å². The van der Waals surface area contributed by atoms with Gasteiger partial charge < -0.3 is 18.4 Å². The Hall–Kier alpha value is -4.68. The summed E-state index contributed by atoms with van der Waals surface area (Å²) >= 11 is 1.18. The fourth-order valence-corrected chi connectivity index (χ4v) is 6.76. The second-order valence-electron chi connectivity index (χ2n) is 9.84. The first-order valence-electron chi connectivity index (χ1n) is 13.6. The minimum atomic E-state index is -4.01. The number of esters is 1. The van der Waals surface area contributed by atoms with Crippen LogP contribution < -0.4 is 28.5 Å². The van der Waals surface area contributed by atoms with Crippen LogP contribution in [0.25, 0.3) is 6.08 Å². The number of thiazole rings is 1. The largest absolute Gasteiger partial charge is 0.493 e. The molecule has 1 aliphatic rings. The number of aromatic nitrogens is 1. The molecule has 10 nitrogen and oxygen atoms in total. The summed E-state index contributed by atoms with van der Waals surface area (Å²) < 4.78 is 48.7. The van der Waals surface area contributed by atoms with Crippen LogP contribution in [0.1, 0.15) is 36.6 Å². The van der Waals surface area contributed by atoms with Crippen LogP contribution in [0.5, 0.6) is 17.2 Å². The third kappa shape index (κ3) is 6.03. The molecule has 5 rings (SSSR count). The summed E-state index contributed by atoms with van der Waals surface area (Å²) in [7, 11) is -0.975. The number of carbonyl (C=O) groups is 1. The average Bonchev–Trinajstić information content (AvgIpc) is 3.30. The van der Waals surface area contributed by atoms with Crippen molar-refractivity contribution < 1.29 is 31.6 Å². The topological polar surface area (TPSA) is 122 Å². The smallest absolute Gasteiger partial charge is 0.339 e. The zero-order chi connectivity index (χ0) is 31.6. The fraction of sp³-hybridized carbons (Fsp3) is 0.219. The van der Waals surface area contributed by atoms with E-state index in [1.807, 2.05) is 6.92 Å². The van der Waals surface area contributed by atoms with Gasteiger partial charge in [-0.3, -0.25) is 9.36 Å². The quantitative estimate of drug-likeness (QED) is 0.201. The maximum atomic E-state index is 13.9. The van der Waals surface area contributed by atoms with Gasteiger partial charge in [-0.1, -0.05) is 47.2 Å². The first-order chi connectivity index (χ1) is 21.1. The van der Waals surface area contributed by atoms with E-state index in [9.17, 15) is 18.0 Å². The lowest BCUT2D eigenvalue weighted by Gasteiger charge is -2.25. The molecule has 0 N–H and O–H groups in total. The molecule has 1 aromatic heterocycles. The van der Waals surface area contributed by atoms with Gasteiger partial charge in [-0.15, -0.1) is 0 Å². The number of allylic oxidation sites excluding steroid dienone is 1. The zero-order valence-corrected chi connectivity index (χ0v) is 26.3. The number of hydrogen-bond acceptors (Lipinski definition) is 10. The first-order valence-corrected chi connectivity index (χ1v) is 15.8. The molecule has 12 heteroatoms. The molecule has 1 atom stereocenters. The van der Waals surface area contributed by atoms with E-state index in [1.54, 1.807) is 62.4 Å². The standard InChI is InChI=1S/C32H30N2O8S2/c1-6-41-31(36)28-20(3)33-32-34(29(28)22-11-16-25(39-4)26(18-22)40-5)30(35)27(43-32)17-21-9-12-23(13-10-21)42-44(37,38)24-14-7-19(2)8-15-24/h7-18,29H,6H2,1-5H3/t29-/m0/s1. The Balaban J connectivity index is 1.54. The highest BCUT2D eigenvalue weighted by Crippen LogP contribution is 2.36. The Bertz CT molecular complexity index is 2040. The number of hydrogen-bond donors (Lipinski definition) is 0. The number of fused-ring (bicyclic) bond motifs is 1. The molecule has 0 unspecified atom stereocenters. The number of ether oxygens (including phenoxy) is 3. The Labute approximate surface area is 258 Å². The summed E-state index contributed by atoms with van der Waals surface area (Å²) in [6.07, 6.45) is 1.68. The van der Waals surface area contributed by atoms with Gasteiger partial charge in [0.05, 0.1) is 42.7 Å². The Morgan fingerprint density at radius 1 is 0.977 bits per heavy atom. The number of carbonyl (C=O) groups excluding carboxylic acids is 1. The summed E-state index contributed by atoms with van der Waals surface area (Å²) in [5.41, 5.74) is 2.51. The molecule has 1 aliphatic heterocycles. The van der Waals surface area contributed by atoms with Crippen LogP contribution in [0, 0.1) is 6.92 Å². The van der Waals surface area contributed by atoms with E-state index in [4.69, 9.17) is 18.4 Å². The Morgan fingerprint density at radius 2 is 1.66 bits per heavy atom. The molecule has 0 aliphatic carbocycles. The van der Waals surface area contributed by atoms with Gasteiger partial charge in [-0.25, -0.2) is 9.79 Å².